The fourth-order valence-corrected chi connectivity index (χ4v) is 5.26. The second-order valence-electron chi connectivity index (χ2n) is 10.6. The number of ether oxygens (including phenoxy) is 1. The van der Waals surface area contributed by atoms with E-state index < -0.39 is 5.92 Å². The Morgan fingerprint density at radius 1 is 1.10 bits per heavy atom. The molecule has 1 aromatic heterocycles. The van der Waals surface area contributed by atoms with Crippen LogP contribution in [-0.2, 0) is 9.59 Å². The van der Waals surface area contributed by atoms with Crippen LogP contribution < -0.4 is 9.64 Å². The van der Waals surface area contributed by atoms with Crippen LogP contribution in [0.15, 0.2) is 73.0 Å². The number of allylic oxidation sites excluding steroid dienone is 5. The summed E-state index contributed by atoms with van der Waals surface area (Å²) in [6, 6.07) is 8.52. The van der Waals surface area contributed by atoms with Crippen molar-refractivity contribution in [3.63, 3.8) is 0 Å². The molecule has 0 spiro atoms. The molecule has 0 N–H and O–H groups in total. The number of hydrogen-bond acceptors (Lipinski definition) is 6. The summed E-state index contributed by atoms with van der Waals surface area (Å²) in [7, 11) is 1.50. The normalized spacial score (nSPS) is 20.6. The average Bonchev–Trinajstić information content (AvgIpc) is 3.30. The molecule has 1 aromatic carbocycles. The van der Waals surface area contributed by atoms with Gasteiger partial charge in [0.25, 0.3) is 0 Å². The first-order valence-electron chi connectivity index (χ1n) is 14.0. The van der Waals surface area contributed by atoms with Crippen molar-refractivity contribution in [1.29, 1.82) is 0 Å². The van der Waals surface area contributed by atoms with Gasteiger partial charge in [0.2, 0.25) is 11.8 Å². The first kappa shape index (κ1) is 31.5. The van der Waals surface area contributed by atoms with Crippen LogP contribution in [-0.4, -0.2) is 77.7 Å². The summed E-state index contributed by atoms with van der Waals surface area (Å²) in [6.45, 7) is 13.7. The predicted octanol–water partition coefficient (Wildman–Crippen LogP) is 5.01. The average molecular weight is 564 g/mol. The molecule has 0 aliphatic carbocycles. The van der Waals surface area contributed by atoms with Gasteiger partial charge in [-0.25, -0.2) is 4.39 Å². The van der Waals surface area contributed by atoms with E-state index in [1.54, 1.807) is 37.4 Å². The van der Waals surface area contributed by atoms with Crippen LogP contribution in [0, 0.1) is 11.7 Å². The number of hydrogen-bond donors (Lipinski definition) is 0. The van der Waals surface area contributed by atoms with E-state index in [1.165, 1.54) is 18.7 Å². The Labute approximate surface area is 243 Å². The lowest BCUT2D eigenvalue weighted by Crippen LogP contribution is -2.42. The molecular weight excluding hydrogens is 521 g/mol. The Kier molecular flexibility index (Phi) is 11.6. The van der Waals surface area contributed by atoms with E-state index in [1.807, 2.05) is 45.9 Å². The van der Waals surface area contributed by atoms with Crippen LogP contribution in [0.5, 0.6) is 5.75 Å². The highest BCUT2D eigenvalue weighted by Gasteiger charge is 2.42. The quantitative estimate of drug-likeness (QED) is 0.460. The number of amides is 2. The van der Waals surface area contributed by atoms with Gasteiger partial charge in [0.15, 0.2) is 5.82 Å². The van der Waals surface area contributed by atoms with E-state index in [0.717, 1.165) is 0 Å². The van der Waals surface area contributed by atoms with Gasteiger partial charge in [0, 0.05) is 63.9 Å². The van der Waals surface area contributed by atoms with Crippen molar-refractivity contribution in [2.24, 2.45) is 5.92 Å². The third kappa shape index (κ3) is 8.49. The number of nitrogens with zero attached hydrogens (tertiary/aromatic N) is 5. The molecule has 3 heterocycles. The fourth-order valence-electron chi connectivity index (χ4n) is 5.26. The minimum absolute atomic E-state index is 0.0146. The summed E-state index contributed by atoms with van der Waals surface area (Å²) < 4.78 is 20.2. The van der Waals surface area contributed by atoms with Crippen LogP contribution in [0.2, 0.25) is 0 Å². The highest BCUT2D eigenvalue weighted by atomic mass is 19.1. The van der Waals surface area contributed by atoms with Crippen molar-refractivity contribution in [2.75, 3.05) is 44.7 Å². The maximum Gasteiger partial charge on any atom is 0.228 e. The molecule has 2 aromatic rings. The van der Waals surface area contributed by atoms with Gasteiger partial charge in [-0.1, -0.05) is 42.5 Å². The highest BCUT2D eigenvalue weighted by molar-refractivity contribution is 5.82. The SMILES string of the molecule is C=C/C=C\C=C(C)C.COc1ccc([C@@H]2CN(c3cccnn3)C[C@H]2C(=O)N2CCC(C)N(C(C)=O)CC2)c(F)c1. The van der Waals surface area contributed by atoms with Crippen LogP contribution in [0.3, 0.4) is 0 Å². The number of halogens is 1. The zero-order valence-electron chi connectivity index (χ0n) is 24.8. The van der Waals surface area contributed by atoms with Gasteiger partial charge >= 0.3 is 0 Å². The minimum Gasteiger partial charge on any atom is -0.497 e. The smallest absolute Gasteiger partial charge is 0.228 e. The number of anilines is 1. The van der Waals surface area contributed by atoms with Gasteiger partial charge in [-0.15, -0.1) is 5.10 Å². The number of benzene rings is 1. The number of rotatable bonds is 6. The van der Waals surface area contributed by atoms with E-state index >= 15 is 4.39 Å². The summed E-state index contributed by atoms with van der Waals surface area (Å²) in [5.41, 5.74) is 1.80. The van der Waals surface area contributed by atoms with Crippen molar-refractivity contribution >= 4 is 17.6 Å². The lowest BCUT2D eigenvalue weighted by molar-refractivity contribution is -0.136. The molecule has 2 aliphatic heterocycles. The molecule has 2 amide bonds. The molecule has 3 atom stereocenters. The van der Waals surface area contributed by atoms with Gasteiger partial charge in [-0.2, -0.15) is 5.10 Å². The molecule has 220 valence electrons. The van der Waals surface area contributed by atoms with E-state index in [9.17, 15) is 9.59 Å². The van der Waals surface area contributed by atoms with Crippen molar-refractivity contribution < 1.29 is 18.7 Å². The molecular formula is C32H42FN5O3. The number of aromatic nitrogens is 2. The van der Waals surface area contributed by atoms with Crippen molar-refractivity contribution in [1.82, 2.24) is 20.0 Å². The monoisotopic (exact) mass is 563 g/mol. The minimum atomic E-state index is -0.436. The standard InChI is InChI=1S/C24H30FN5O3.C8H12/c1-16-8-10-28(11-12-30(16)17(2)31)24(32)21-15-29(23-5-4-9-26-27-23)14-20(21)19-7-6-18(33-3)13-22(19)25;1-4-5-6-7-8(2)3/h4-7,9,13,16,20-21H,8,10-12,14-15H2,1-3H3;4-7H,1H2,2-3H3/b;6-5-/t16?,20-,21+;/m0./s1. The molecule has 41 heavy (non-hydrogen) atoms. The maximum absolute atomic E-state index is 15.1. The largest absolute Gasteiger partial charge is 0.497 e. The lowest BCUT2D eigenvalue weighted by Gasteiger charge is -2.27. The Morgan fingerprint density at radius 2 is 1.88 bits per heavy atom. The Hall–Kier alpha value is -4.01. The highest BCUT2D eigenvalue weighted by Crippen LogP contribution is 2.38. The van der Waals surface area contributed by atoms with Crippen LogP contribution in [0.25, 0.3) is 0 Å². The van der Waals surface area contributed by atoms with Crippen LogP contribution >= 0.6 is 0 Å². The van der Waals surface area contributed by atoms with Crippen molar-refractivity contribution in [2.45, 2.75) is 46.1 Å². The molecule has 8 nitrogen and oxygen atoms in total. The molecule has 0 saturated carbocycles. The molecule has 0 radical (unpaired) electrons. The van der Waals surface area contributed by atoms with Crippen molar-refractivity contribution in [3.05, 3.63) is 84.4 Å². The summed E-state index contributed by atoms with van der Waals surface area (Å²) in [6.07, 6.45) is 10.0. The second-order valence-corrected chi connectivity index (χ2v) is 10.6. The van der Waals surface area contributed by atoms with Gasteiger partial charge in [-0.05, 0) is 51.0 Å². The van der Waals surface area contributed by atoms with Gasteiger partial charge in [-0.3, -0.25) is 9.59 Å². The fraction of sp³-hybridized carbons (Fsp3) is 0.438. The molecule has 9 heteroatoms. The van der Waals surface area contributed by atoms with Gasteiger partial charge in [0.1, 0.15) is 11.6 Å². The Balaban J connectivity index is 0.000000507. The number of carbonyl (C=O) groups is 2. The summed E-state index contributed by atoms with van der Waals surface area (Å²) in [5.74, 6) is -0.0499. The summed E-state index contributed by atoms with van der Waals surface area (Å²) in [5, 5.41) is 8.15. The second kappa shape index (κ2) is 15.1. The van der Waals surface area contributed by atoms with E-state index in [4.69, 9.17) is 4.74 Å². The van der Waals surface area contributed by atoms with Gasteiger partial charge < -0.3 is 19.4 Å². The van der Waals surface area contributed by atoms with Crippen LogP contribution in [0.1, 0.15) is 45.6 Å². The first-order chi connectivity index (χ1) is 19.7. The number of carbonyl (C=O) groups excluding carboxylic acids is 2. The third-order valence-electron chi connectivity index (χ3n) is 7.48. The molecule has 1 unspecified atom stereocenters. The predicted molar refractivity (Wildman–Crippen MR) is 160 cm³/mol. The molecule has 2 saturated heterocycles. The Morgan fingerprint density at radius 3 is 2.49 bits per heavy atom. The molecule has 2 aliphatic rings. The van der Waals surface area contributed by atoms with Crippen molar-refractivity contribution in [3.8, 4) is 5.75 Å². The maximum atomic E-state index is 15.1. The first-order valence-corrected chi connectivity index (χ1v) is 14.0. The lowest BCUT2D eigenvalue weighted by atomic mass is 9.87. The molecule has 0 bridgehead atoms. The van der Waals surface area contributed by atoms with Crippen LogP contribution in [0.4, 0.5) is 10.2 Å². The van der Waals surface area contributed by atoms with Gasteiger partial charge in [0.05, 0.1) is 13.0 Å². The topological polar surface area (TPSA) is 78.9 Å². The summed E-state index contributed by atoms with van der Waals surface area (Å²) >= 11 is 0. The molecule has 4 rings (SSSR count). The van der Waals surface area contributed by atoms with E-state index in [0.29, 0.717) is 56.3 Å². The van der Waals surface area contributed by atoms with E-state index in [2.05, 4.69) is 30.6 Å². The Bertz CT molecular complexity index is 1250. The zero-order chi connectivity index (χ0) is 29.9. The third-order valence-corrected chi connectivity index (χ3v) is 7.48. The summed E-state index contributed by atoms with van der Waals surface area (Å²) in [4.78, 5) is 31.4. The number of methoxy groups -OCH3 is 1. The zero-order valence-corrected chi connectivity index (χ0v) is 24.8. The van der Waals surface area contributed by atoms with E-state index in [-0.39, 0.29) is 29.6 Å². The molecule has 2 fully saturated rings.